The fraction of sp³-hybridized carbons (Fsp3) is 0.214. The molecule has 0 aliphatic heterocycles. The predicted molar refractivity (Wildman–Crippen MR) is 77.3 cm³/mol. The van der Waals surface area contributed by atoms with Crippen molar-refractivity contribution in [3.8, 4) is 0 Å². The molecule has 0 saturated heterocycles. The van der Waals surface area contributed by atoms with E-state index >= 15 is 0 Å². The highest BCUT2D eigenvalue weighted by Crippen LogP contribution is 2.16. The van der Waals surface area contributed by atoms with Gasteiger partial charge in [-0.3, -0.25) is 4.98 Å². The third kappa shape index (κ3) is 3.44. The highest BCUT2D eigenvalue weighted by atomic mass is 16.5. The van der Waals surface area contributed by atoms with Crippen molar-refractivity contribution in [2.75, 3.05) is 24.3 Å². The number of carbonyl (C=O) groups is 1. The van der Waals surface area contributed by atoms with Gasteiger partial charge in [0.05, 0.1) is 25.1 Å². The van der Waals surface area contributed by atoms with Gasteiger partial charge in [0, 0.05) is 12.2 Å². The van der Waals surface area contributed by atoms with Crippen LogP contribution in [0.5, 0.6) is 0 Å². The molecule has 0 atom stereocenters. The van der Waals surface area contributed by atoms with Gasteiger partial charge in [-0.15, -0.1) is 0 Å². The molecule has 104 valence electrons. The number of aromatic nitrogens is 2. The van der Waals surface area contributed by atoms with Crippen molar-refractivity contribution < 1.29 is 9.53 Å². The summed E-state index contributed by atoms with van der Waals surface area (Å²) in [7, 11) is 1.36. The van der Waals surface area contributed by atoms with Gasteiger partial charge in [0.1, 0.15) is 5.82 Å². The molecule has 0 amide bonds. The van der Waals surface area contributed by atoms with Crippen molar-refractivity contribution >= 4 is 23.3 Å². The Bertz CT molecular complexity index is 584. The Morgan fingerprint density at radius 3 is 2.55 bits per heavy atom. The number of hydrogen-bond acceptors (Lipinski definition) is 6. The largest absolute Gasteiger partial charge is 0.465 e. The van der Waals surface area contributed by atoms with Crippen LogP contribution in [0.4, 0.5) is 17.3 Å². The Kier molecular flexibility index (Phi) is 4.49. The quantitative estimate of drug-likeness (QED) is 0.814. The zero-order chi connectivity index (χ0) is 14.4. The summed E-state index contributed by atoms with van der Waals surface area (Å²) in [6.45, 7) is 2.78. The van der Waals surface area contributed by atoms with Crippen molar-refractivity contribution in [1.29, 1.82) is 0 Å². The Hall–Kier alpha value is -2.63. The normalized spacial score (nSPS) is 9.90. The molecule has 0 saturated carbocycles. The van der Waals surface area contributed by atoms with E-state index < -0.39 is 0 Å². The third-order valence-electron chi connectivity index (χ3n) is 2.57. The number of methoxy groups -OCH3 is 1. The first-order valence-electron chi connectivity index (χ1n) is 6.24. The van der Waals surface area contributed by atoms with Crippen LogP contribution in [-0.2, 0) is 4.74 Å². The standard InChI is InChI=1S/C14H16N4O2/c1-3-16-12-8-15-9-13(18-12)17-11-6-4-10(5-7-11)14(19)20-2/h4-9H,3H2,1-2H3,(H2,16,17,18). The van der Waals surface area contributed by atoms with Crippen LogP contribution in [0.15, 0.2) is 36.7 Å². The van der Waals surface area contributed by atoms with Gasteiger partial charge in [0.25, 0.3) is 0 Å². The summed E-state index contributed by atoms with van der Waals surface area (Å²) in [6, 6.07) is 6.95. The highest BCUT2D eigenvalue weighted by Gasteiger charge is 2.05. The minimum atomic E-state index is -0.356. The maximum atomic E-state index is 11.3. The van der Waals surface area contributed by atoms with Gasteiger partial charge in [-0.05, 0) is 31.2 Å². The average Bonchev–Trinajstić information content (AvgIpc) is 2.48. The lowest BCUT2D eigenvalue weighted by Crippen LogP contribution is -2.03. The van der Waals surface area contributed by atoms with Gasteiger partial charge in [0.15, 0.2) is 5.82 Å². The highest BCUT2D eigenvalue weighted by molar-refractivity contribution is 5.89. The SMILES string of the molecule is CCNc1cncc(Nc2ccc(C(=O)OC)cc2)n1. The van der Waals surface area contributed by atoms with Crippen LogP contribution in [-0.4, -0.2) is 29.6 Å². The van der Waals surface area contributed by atoms with Gasteiger partial charge in [-0.1, -0.05) is 0 Å². The van der Waals surface area contributed by atoms with Crippen molar-refractivity contribution in [3.63, 3.8) is 0 Å². The number of carbonyl (C=O) groups excluding carboxylic acids is 1. The van der Waals surface area contributed by atoms with E-state index in [1.165, 1.54) is 7.11 Å². The van der Waals surface area contributed by atoms with E-state index in [-0.39, 0.29) is 5.97 Å². The van der Waals surface area contributed by atoms with Crippen molar-refractivity contribution in [2.24, 2.45) is 0 Å². The lowest BCUT2D eigenvalue weighted by atomic mass is 10.2. The number of nitrogens with zero attached hydrogens (tertiary/aromatic N) is 2. The molecule has 0 aliphatic rings. The number of anilines is 3. The second-order valence-corrected chi connectivity index (χ2v) is 4.01. The predicted octanol–water partition coefficient (Wildman–Crippen LogP) is 2.44. The van der Waals surface area contributed by atoms with Crippen molar-refractivity contribution in [2.45, 2.75) is 6.92 Å². The third-order valence-corrected chi connectivity index (χ3v) is 2.57. The van der Waals surface area contributed by atoms with Gasteiger partial charge >= 0.3 is 5.97 Å². The first-order valence-corrected chi connectivity index (χ1v) is 6.24. The molecular formula is C14H16N4O2. The van der Waals surface area contributed by atoms with E-state index in [1.807, 2.05) is 6.92 Å². The maximum absolute atomic E-state index is 11.3. The first-order chi connectivity index (χ1) is 9.72. The van der Waals surface area contributed by atoms with Crippen molar-refractivity contribution in [1.82, 2.24) is 9.97 Å². The van der Waals surface area contributed by atoms with E-state index in [4.69, 9.17) is 0 Å². The van der Waals surface area contributed by atoms with E-state index in [1.54, 1.807) is 36.7 Å². The van der Waals surface area contributed by atoms with Crippen LogP contribution >= 0.6 is 0 Å². The number of ether oxygens (including phenoxy) is 1. The molecule has 2 rings (SSSR count). The molecule has 1 aromatic heterocycles. The summed E-state index contributed by atoms with van der Waals surface area (Å²) in [5, 5.41) is 6.21. The molecule has 0 aliphatic carbocycles. The molecule has 6 nitrogen and oxygen atoms in total. The zero-order valence-electron chi connectivity index (χ0n) is 11.4. The molecule has 0 bridgehead atoms. The van der Waals surface area contributed by atoms with Crippen LogP contribution in [0.1, 0.15) is 17.3 Å². The Balaban J connectivity index is 2.09. The molecule has 1 heterocycles. The molecule has 0 fully saturated rings. The molecule has 0 unspecified atom stereocenters. The molecule has 1 aromatic carbocycles. The molecule has 0 spiro atoms. The van der Waals surface area contributed by atoms with Crippen LogP contribution in [0.3, 0.4) is 0 Å². The van der Waals surface area contributed by atoms with Gasteiger partial charge in [0.2, 0.25) is 0 Å². The van der Waals surface area contributed by atoms with Gasteiger partial charge in [-0.2, -0.15) is 0 Å². The van der Waals surface area contributed by atoms with E-state index in [0.29, 0.717) is 17.2 Å². The summed E-state index contributed by atoms with van der Waals surface area (Å²) >= 11 is 0. The Morgan fingerprint density at radius 2 is 1.90 bits per heavy atom. The van der Waals surface area contributed by atoms with E-state index in [9.17, 15) is 4.79 Å². The molecule has 2 aromatic rings. The summed E-state index contributed by atoms with van der Waals surface area (Å²) in [4.78, 5) is 19.8. The molecule has 20 heavy (non-hydrogen) atoms. The topological polar surface area (TPSA) is 76.1 Å². The van der Waals surface area contributed by atoms with Crippen LogP contribution in [0.2, 0.25) is 0 Å². The van der Waals surface area contributed by atoms with E-state index in [2.05, 4.69) is 25.3 Å². The Labute approximate surface area is 117 Å². The van der Waals surface area contributed by atoms with Crippen LogP contribution in [0.25, 0.3) is 0 Å². The zero-order valence-corrected chi connectivity index (χ0v) is 11.4. The first kappa shape index (κ1) is 13.8. The lowest BCUT2D eigenvalue weighted by molar-refractivity contribution is 0.0601. The lowest BCUT2D eigenvalue weighted by Gasteiger charge is -2.08. The average molecular weight is 272 g/mol. The summed E-state index contributed by atoms with van der Waals surface area (Å²) in [6.07, 6.45) is 3.30. The van der Waals surface area contributed by atoms with Crippen LogP contribution < -0.4 is 10.6 Å². The summed E-state index contributed by atoms with van der Waals surface area (Å²) < 4.78 is 4.65. The molecule has 2 N–H and O–H groups in total. The number of hydrogen-bond donors (Lipinski definition) is 2. The Morgan fingerprint density at radius 1 is 1.20 bits per heavy atom. The van der Waals surface area contributed by atoms with Gasteiger partial charge < -0.3 is 15.4 Å². The molecule has 0 radical (unpaired) electrons. The summed E-state index contributed by atoms with van der Waals surface area (Å²) in [5.74, 6) is 0.989. The maximum Gasteiger partial charge on any atom is 0.337 e. The summed E-state index contributed by atoms with van der Waals surface area (Å²) in [5.41, 5.74) is 1.33. The minimum Gasteiger partial charge on any atom is -0.465 e. The number of esters is 1. The molecular weight excluding hydrogens is 256 g/mol. The van der Waals surface area contributed by atoms with Gasteiger partial charge in [-0.25, -0.2) is 9.78 Å². The number of benzene rings is 1. The van der Waals surface area contributed by atoms with Crippen LogP contribution in [0, 0.1) is 0 Å². The fourth-order valence-corrected chi connectivity index (χ4v) is 1.65. The minimum absolute atomic E-state index is 0.356. The second-order valence-electron chi connectivity index (χ2n) is 4.01. The van der Waals surface area contributed by atoms with Crippen molar-refractivity contribution in [3.05, 3.63) is 42.2 Å². The number of rotatable bonds is 5. The van der Waals surface area contributed by atoms with E-state index in [0.717, 1.165) is 12.2 Å². The number of nitrogens with one attached hydrogen (secondary N) is 2. The fourth-order valence-electron chi connectivity index (χ4n) is 1.65. The second kappa shape index (κ2) is 6.51. The smallest absolute Gasteiger partial charge is 0.337 e. The monoisotopic (exact) mass is 272 g/mol. The molecule has 6 heteroatoms.